The number of rotatable bonds is 6. The maximum Gasteiger partial charge on any atom is 0.149 e. The summed E-state index contributed by atoms with van der Waals surface area (Å²) in [7, 11) is 0. The Morgan fingerprint density at radius 2 is 1.41 bits per heavy atom. The number of pyridine rings is 1. The highest BCUT2D eigenvalue weighted by Gasteiger charge is 2.36. The molecule has 0 amide bonds. The van der Waals surface area contributed by atoms with E-state index in [-0.39, 0.29) is 11.2 Å². The zero-order valence-electron chi connectivity index (χ0n) is 38.1. The minimum absolute atomic E-state index is 0.0716. The Balaban J connectivity index is 1.03. The van der Waals surface area contributed by atoms with Crippen molar-refractivity contribution < 1.29 is 9.52 Å². The van der Waals surface area contributed by atoms with Crippen LogP contribution in [0.25, 0.3) is 94.3 Å². The smallest absolute Gasteiger partial charge is 0.149 e. The Morgan fingerprint density at radius 3 is 2.21 bits per heavy atom. The third kappa shape index (κ3) is 6.99. The van der Waals surface area contributed by atoms with E-state index < -0.39 is 0 Å². The van der Waals surface area contributed by atoms with Crippen LogP contribution in [-0.2, 0) is 5.41 Å². The molecular weight excluding hydrogens is 807 g/mol. The van der Waals surface area contributed by atoms with Gasteiger partial charge in [-0.15, -0.1) is 0 Å². The van der Waals surface area contributed by atoms with Crippen LogP contribution in [0.15, 0.2) is 162 Å². The van der Waals surface area contributed by atoms with Gasteiger partial charge in [0.05, 0.1) is 28.0 Å². The van der Waals surface area contributed by atoms with Crippen molar-refractivity contribution in [1.82, 2.24) is 14.5 Å². The van der Waals surface area contributed by atoms with Crippen LogP contribution in [-0.4, -0.2) is 19.6 Å². The minimum atomic E-state index is -0.0716. The molecule has 2 aliphatic rings. The molecule has 10 aromatic rings. The summed E-state index contributed by atoms with van der Waals surface area (Å²) >= 11 is 0. The summed E-state index contributed by atoms with van der Waals surface area (Å²) in [4.78, 5) is 10.2. The third-order valence-corrected chi connectivity index (χ3v) is 15.3. The van der Waals surface area contributed by atoms with Gasteiger partial charge in [-0.25, -0.2) is 4.98 Å². The fraction of sp³-hybridized carbons (Fsp3) is 0.246. The summed E-state index contributed by atoms with van der Waals surface area (Å²) in [5.41, 5.74) is 14.3. The number of aromatic nitrogens is 3. The first-order chi connectivity index (χ1) is 32.2. The zero-order chi connectivity index (χ0) is 44.6. The van der Waals surface area contributed by atoms with E-state index in [2.05, 4.69) is 152 Å². The SMILES string of the molecule is CC(C)(C)c1ccc(-n2c(-c3cc4oc5ccc6cc(C7CCC8(CCCCC8)CC7)ccc6c5c4cc3O)nc3c(-c4cccc(-c5ccccn5)c4)cccc32)c(-c2ccccc2)c1. The van der Waals surface area contributed by atoms with Crippen molar-refractivity contribution in [3.05, 3.63) is 169 Å². The molecule has 12 rings (SSSR count). The van der Waals surface area contributed by atoms with Gasteiger partial charge >= 0.3 is 0 Å². The summed E-state index contributed by atoms with van der Waals surface area (Å²) in [5, 5.41) is 16.7. The first-order valence-corrected chi connectivity index (χ1v) is 24.1. The lowest BCUT2D eigenvalue weighted by Gasteiger charge is -2.43. The minimum Gasteiger partial charge on any atom is -0.507 e. The standard InChI is InChI=1S/C61H55N3O2/c1-60(2,3)45-23-25-52(48(36-45)40-14-6-4-7-15-40)64-53-20-13-18-47(42-16-12-17-44(35-42)51-19-8-11-33-62-51)58(53)63-59(64)49-38-56-50(37-54(49)65)57-46-24-21-41(34-43(46)22-26-55(57)66-56)39-27-31-61(32-28-39)29-9-5-10-30-61/h4,6-8,11-26,33-39,65H,5,9-10,27-32H2,1-3H3. The summed E-state index contributed by atoms with van der Waals surface area (Å²) in [6.45, 7) is 6.77. The molecule has 66 heavy (non-hydrogen) atoms. The predicted octanol–water partition coefficient (Wildman–Crippen LogP) is 16.8. The Morgan fingerprint density at radius 1 is 0.621 bits per heavy atom. The van der Waals surface area contributed by atoms with Gasteiger partial charge in [0.25, 0.3) is 0 Å². The van der Waals surface area contributed by atoms with Gasteiger partial charge in [-0.2, -0.15) is 0 Å². The quantitative estimate of drug-likeness (QED) is 0.181. The predicted molar refractivity (Wildman–Crippen MR) is 272 cm³/mol. The summed E-state index contributed by atoms with van der Waals surface area (Å²) in [6, 6.07) is 53.6. The molecule has 3 aromatic heterocycles. The molecule has 0 unspecified atom stereocenters. The molecule has 0 bridgehead atoms. The Kier molecular flexibility index (Phi) is 9.75. The summed E-state index contributed by atoms with van der Waals surface area (Å²) < 4.78 is 8.98. The second kappa shape index (κ2) is 15.9. The van der Waals surface area contributed by atoms with Gasteiger partial charge in [-0.1, -0.05) is 137 Å². The summed E-state index contributed by atoms with van der Waals surface area (Å²) in [6.07, 6.45) is 14.2. The number of nitrogens with zero attached hydrogens (tertiary/aromatic N) is 3. The van der Waals surface area contributed by atoms with E-state index in [1.807, 2.05) is 36.5 Å². The maximum absolute atomic E-state index is 12.4. The van der Waals surface area contributed by atoms with E-state index in [1.165, 1.54) is 74.3 Å². The lowest BCUT2D eigenvalue weighted by atomic mass is 9.62. The van der Waals surface area contributed by atoms with Crippen LogP contribution in [0.1, 0.15) is 95.6 Å². The van der Waals surface area contributed by atoms with E-state index in [0.717, 1.165) is 72.0 Å². The van der Waals surface area contributed by atoms with E-state index in [1.54, 1.807) is 0 Å². The monoisotopic (exact) mass is 861 g/mol. The Bertz CT molecular complexity index is 3450. The fourth-order valence-corrected chi connectivity index (χ4v) is 11.6. The van der Waals surface area contributed by atoms with Crippen molar-refractivity contribution in [1.29, 1.82) is 0 Å². The first-order valence-electron chi connectivity index (χ1n) is 24.1. The highest BCUT2D eigenvalue weighted by Crippen LogP contribution is 2.52. The lowest BCUT2D eigenvalue weighted by Crippen LogP contribution is -2.29. The average molecular weight is 862 g/mol. The Hall–Kier alpha value is -6.98. The van der Waals surface area contributed by atoms with Gasteiger partial charge in [0.2, 0.25) is 0 Å². The van der Waals surface area contributed by atoms with Gasteiger partial charge in [-0.3, -0.25) is 9.55 Å². The third-order valence-electron chi connectivity index (χ3n) is 15.3. The van der Waals surface area contributed by atoms with Crippen LogP contribution < -0.4 is 0 Å². The Labute approximate surface area is 386 Å². The van der Waals surface area contributed by atoms with Crippen molar-refractivity contribution in [3.63, 3.8) is 0 Å². The number of para-hydroxylation sites is 1. The van der Waals surface area contributed by atoms with E-state index in [4.69, 9.17) is 9.40 Å². The van der Waals surface area contributed by atoms with Crippen molar-refractivity contribution in [2.45, 2.75) is 89.9 Å². The number of fused-ring (bicyclic) bond motifs is 6. The molecule has 3 heterocycles. The van der Waals surface area contributed by atoms with Gasteiger partial charge in [0.15, 0.2) is 0 Å². The van der Waals surface area contributed by atoms with Crippen molar-refractivity contribution in [3.8, 4) is 56.3 Å². The molecule has 1 spiro atoms. The van der Waals surface area contributed by atoms with Gasteiger partial charge in [-0.05, 0) is 143 Å². The second-order valence-electron chi connectivity index (χ2n) is 20.3. The molecule has 2 saturated carbocycles. The number of hydrogen-bond donors (Lipinski definition) is 1. The normalized spacial score (nSPS) is 15.7. The molecule has 1 N–H and O–H groups in total. The molecule has 326 valence electrons. The fourth-order valence-electron chi connectivity index (χ4n) is 11.6. The molecule has 7 aromatic carbocycles. The first kappa shape index (κ1) is 40.5. The number of phenolic OH excluding ortho intramolecular Hbond substituents is 1. The number of benzene rings is 7. The number of hydrogen-bond acceptors (Lipinski definition) is 4. The molecule has 2 fully saturated rings. The van der Waals surface area contributed by atoms with E-state index in [9.17, 15) is 5.11 Å². The number of phenols is 1. The van der Waals surface area contributed by atoms with Crippen LogP contribution in [0, 0.1) is 5.41 Å². The van der Waals surface area contributed by atoms with Crippen LogP contribution in [0.3, 0.4) is 0 Å². The van der Waals surface area contributed by atoms with Crippen molar-refractivity contribution in [2.24, 2.45) is 5.41 Å². The summed E-state index contributed by atoms with van der Waals surface area (Å²) in [5.74, 6) is 1.40. The van der Waals surface area contributed by atoms with Gasteiger partial charge in [0, 0.05) is 33.7 Å². The molecule has 0 atom stereocenters. The molecule has 0 aliphatic heterocycles. The van der Waals surface area contributed by atoms with E-state index >= 15 is 0 Å². The van der Waals surface area contributed by atoms with Crippen LogP contribution in [0.4, 0.5) is 0 Å². The van der Waals surface area contributed by atoms with E-state index in [0.29, 0.717) is 28.3 Å². The zero-order valence-corrected chi connectivity index (χ0v) is 38.1. The molecule has 5 nitrogen and oxygen atoms in total. The highest BCUT2D eigenvalue weighted by molar-refractivity contribution is 6.19. The number of aromatic hydroxyl groups is 1. The molecule has 5 heteroatoms. The van der Waals surface area contributed by atoms with Crippen LogP contribution in [0.2, 0.25) is 0 Å². The lowest BCUT2D eigenvalue weighted by molar-refractivity contribution is 0.114. The van der Waals surface area contributed by atoms with Gasteiger partial charge < -0.3 is 9.52 Å². The van der Waals surface area contributed by atoms with Crippen molar-refractivity contribution in [2.75, 3.05) is 0 Å². The second-order valence-corrected chi connectivity index (χ2v) is 20.3. The highest BCUT2D eigenvalue weighted by atomic mass is 16.3. The largest absolute Gasteiger partial charge is 0.507 e. The van der Waals surface area contributed by atoms with Crippen LogP contribution in [0.5, 0.6) is 5.75 Å². The van der Waals surface area contributed by atoms with Crippen LogP contribution >= 0.6 is 0 Å². The number of imidazole rings is 1. The van der Waals surface area contributed by atoms with Crippen molar-refractivity contribution >= 4 is 43.7 Å². The molecule has 0 radical (unpaired) electrons. The molecular formula is C61H55N3O2. The van der Waals surface area contributed by atoms with Gasteiger partial charge in [0.1, 0.15) is 22.7 Å². The number of furan rings is 1. The maximum atomic E-state index is 12.4. The molecule has 0 saturated heterocycles. The molecule has 2 aliphatic carbocycles. The average Bonchev–Trinajstić information content (AvgIpc) is 3.92. The topological polar surface area (TPSA) is 64.1 Å².